The van der Waals surface area contributed by atoms with Crippen LogP contribution >= 0.6 is 0 Å². The second kappa shape index (κ2) is 11.5. The molecule has 1 aliphatic carbocycles. The summed E-state index contributed by atoms with van der Waals surface area (Å²) in [6.45, 7) is 4.60. The first-order valence-corrected chi connectivity index (χ1v) is 16.6. The highest BCUT2D eigenvalue weighted by atomic mass is 14.9. The van der Waals surface area contributed by atoms with Crippen molar-refractivity contribution in [3.8, 4) is 67.3 Å². The van der Waals surface area contributed by atoms with Crippen LogP contribution in [0.25, 0.3) is 78.1 Å². The molecule has 0 atom stereocenters. The third-order valence-electron chi connectivity index (χ3n) is 9.80. The number of benzene rings is 7. The van der Waals surface area contributed by atoms with Gasteiger partial charge in [-0.2, -0.15) is 0 Å². The number of hydrogen-bond acceptors (Lipinski definition) is 2. The Morgan fingerprint density at radius 1 is 0.408 bits per heavy atom. The van der Waals surface area contributed by atoms with E-state index in [0.717, 1.165) is 33.0 Å². The summed E-state index contributed by atoms with van der Waals surface area (Å²) in [6.07, 6.45) is 0. The highest BCUT2D eigenvalue weighted by molar-refractivity contribution is 6.05. The van der Waals surface area contributed by atoms with Gasteiger partial charge in [-0.15, -0.1) is 0 Å². The Morgan fingerprint density at radius 3 is 1.71 bits per heavy atom. The zero-order chi connectivity index (χ0) is 36.4. The molecule has 0 aliphatic heterocycles. The summed E-state index contributed by atoms with van der Waals surface area (Å²) in [5, 5.41) is 2.09. The number of fused-ring (bicyclic) bond motifs is 4. The Kier molecular flexibility index (Phi) is 5.88. The van der Waals surface area contributed by atoms with Crippen molar-refractivity contribution < 1.29 is 5.48 Å². The minimum atomic E-state index is -0.143. The van der Waals surface area contributed by atoms with Crippen LogP contribution in [0.5, 0.6) is 0 Å². The summed E-state index contributed by atoms with van der Waals surface area (Å²) in [6, 6.07) is 48.2. The van der Waals surface area contributed by atoms with Gasteiger partial charge in [0, 0.05) is 22.1 Å². The normalized spacial score (nSPS) is 14.0. The maximum absolute atomic E-state index is 9.14. The molecule has 0 amide bonds. The monoisotopic (exact) mass is 630 g/mol. The van der Waals surface area contributed by atoms with Crippen molar-refractivity contribution in [2.24, 2.45) is 0 Å². The van der Waals surface area contributed by atoms with Crippen molar-refractivity contribution in [2.75, 3.05) is 0 Å². The summed E-state index contributed by atoms with van der Waals surface area (Å²) in [4.78, 5) is 9.98. The van der Waals surface area contributed by atoms with Gasteiger partial charge in [0.15, 0.2) is 5.82 Å². The van der Waals surface area contributed by atoms with Crippen molar-refractivity contribution in [3.05, 3.63) is 181 Å². The Balaban J connectivity index is 1.23. The maximum Gasteiger partial charge on any atom is 0.160 e. The molecule has 0 unspecified atom stereocenters. The van der Waals surface area contributed by atoms with Crippen molar-refractivity contribution in [2.45, 2.75) is 19.3 Å². The smallest absolute Gasteiger partial charge is 0.160 e. The molecular formula is C47H34N2. The molecule has 7 aromatic carbocycles. The lowest BCUT2D eigenvalue weighted by molar-refractivity contribution is 0.660. The van der Waals surface area contributed by atoms with Crippen LogP contribution in [0.15, 0.2) is 170 Å². The van der Waals surface area contributed by atoms with Gasteiger partial charge >= 0.3 is 0 Å². The van der Waals surface area contributed by atoms with E-state index in [9.17, 15) is 0 Å². The molecule has 0 fully saturated rings. The van der Waals surface area contributed by atoms with Crippen LogP contribution in [0.2, 0.25) is 0 Å². The van der Waals surface area contributed by atoms with Crippen molar-refractivity contribution in [3.63, 3.8) is 0 Å². The molecule has 2 nitrogen and oxygen atoms in total. The van der Waals surface area contributed by atoms with Gasteiger partial charge in [0.05, 0.1) is 16.9 Å². The Bertz CT molecular complexity index is 2710. The van der Waals surface area contributed by atoms with Gasteiger partial charge in [0.1, 0.15) is 0 Å². The van der Waals surface area contributed by atoms with E-state index in [0.29, 0.717) is 22.8 Å². The van der Waals surface area contributed by atoms with E-state index in [1.54, 1.807) is 18.2 Å². The SMILES string of the molecule is [2H]c1c([2H])c(-c2cc(-c3ccc(-c4ccc5c(c4)C(C)(C)c4ccccc4-5)c4ccccc34)nc(-c3ccccc3)n2)c([2H])c([2H])c1-c1ccccc1. The van der Waals surface area contributed by atoms with Crippen molar-refractivity contribution >= 4 is 10.8 Å². The second-order valence-corrected chi connectivity index (χ2v) is 13.1. The average molecular weight is 631 g/mol. The van der Waals surface area contributed by atoms with Gasteiger partial charge in [-0.3, -0.25) is 0 Å². The molecule has 49 heavy (non-hydrogen) atoms. The van der Waals surface area contributed by atoms with Crippen LogP contribution in [0.4, 0.5) is 0 Å². The first kappa shape index (κ1) is 25.0. The van der Waals surface area contributed by atoms with Crippen LogP contribution in [-0.4, -0.2) is 9.97 Å². The van der Waals surface area contributed by atoms with Gasteiger partial charge in [0.2, 0.25) is 0 Å². The van der Waals surface area contributed by atoms with E-state index in [4.69, 9.17) is 15.5 Å². The Labute approximate surface area is 293 Å². The van der Waals surface area contributed by atoms with Gasteiger partial charge in [-0.1, -0.05) is 171 Å². The molecule has 1 heterocycles. The first-order valence-electron chi connectivity index (χ1n) is 18.6. The van der Waals surface area contributed by atoms with Crippen LogP contribution in [0.3, 0.4) is 0 Å². The quantitative estimate of drug-likeness (QED) is 0.189. The molecule has 8 aromatic rings. The Hall–Kier alpha value is -6.12. The van der Waals surface area contributed by atoms with E-state index >= 15 is 0 Å². The van der Waals surface area contributed by atoms with Crippen molar-refractivity contribution in [1.29, 1.82) is 0 Å². The third-order valence-corrected chi connectivity index (χ3v) is 9.80. The van der Waals surface area contributed by atoms with Gasteiger partial charge in [-0.05, 0) is 67.4 Å². The largest absolute Gasteiger partial charge is 0.228 e. The molecule has 2 heteroatoms. The molecule has 1 aromatic heterocycles. The summed E-state index contributed by atoms with van der Waals surface area (Å²) < 4.78 is 36.2. The lowest BCUT2D eigenvalue weighted by atomic mass is 9.81. The molecule has 0 saturated carbocycles. The van der Waals surface area contributed by atoms with Gasteiger partial charge < -0.3 is 0 Å². The molecule has 9 rings (SSSR count). The molecule has 1 aliphatic rings. The molecular weight excluding hydrogens is 593 g/mol. The number of rotatable bonds is 5. The lowest BCUT2D eigenvalue weighted by Gasteiger charge is -2.22. The van der Waals surface area contributed by atoms with Crippen LogP contribution in [0, 0.1) is 0 Å². The minimum absolute atomic E-state index is 0.107. The fraction of sp³-hybridized carbons (Fsp3) is 0.0638. The maximum atomic E-state index is 9.14. The number of hydrogen-bond donors (Lipinski definition) is 0. The van der Waals surface area contributed by atoms with Crippen LogP contribution in [-0.2, 0) is 5.41 Å². The van der Waals surface area contributed by atoms with Crippen LogP contribution < -0.4 is 0 Å². The standard InChI is InChI=1S/C47H34N2/c1-47(2)42-20-12-11-19-39(42)40-26-25-35(29-43(40)47)36-27-28-41(38-18-10-9-17-37(36)38)45-30-44(48-46(49-45)34-15-7-4-8-16-34)33-23-21-32(22-24-33)31-13-5-3-6-14-31/h3-30H,1-2H3/i21D,22D,23D,24D. The summed E-state index contributed by atoms with van der Waals surface area (Å²) in [5.41, 5.74) is 11.1. The van der Waals surface area contributed by atoms with E-state index in [2.05, 4.69) is 86.6 Å². The third kappa shape index (κ3) is 4.96. The van der Waals surface area contributed by atoms with E-state index in [1.807, 2.05) is 54.6 Å². The highest BCUT2D eigenvalue weighted by Gasteiger charge is 2.35. The van der Waals surface area contributed by atoms with E-state index in [-0.39, 0.29) is 40.7 Å². The molecule has 0 radical (unpaired) electrons. The first-order chi connectivity index (χ1) is 25.7. The van der Waals surface area contributed by atoms with Crippen LogP contribution in [0.1, 0.15) is 30.5 Å². The minimum Gasteiger partial charge on any atom is -0.228 e. The average Bonchev–Trinajstić information content (AvgIpc) is 3.43. The van der Waals surface area contributed by atoms with Gasteiger partial charge in [-0.25, -0.2) is 9.97 Å². The lowest BCUT2D eigenvalue weighted by Crippen LogP contribution is -2.14. The topological polar surface area (TPSA) is 25.8 Å². The fourth-order valence-electron chi connectivity index (χ4n) is 7.27. The van der Waals surface area contributed by atoms with Gasteiger partial charge in [0.25, 0.3) is 0 Å². The fourth-order valence-corrected chi connectivity index (χ4v) is 7.27. The van der Waals surface area contributed by atoms with Crippen molar-refractivity contribution in [1.82, 2.24) is 9.97 Å². The van der Waals surface area contributed by atoms with E-state index < -0.39 is 0 Å². The molecule has 0 bridgehead atoms. The zero-order valence-corrected chi connectivity index (χ0v) is 27.3. The summed E-state index contributed by atoms with van der Waals surface area (Å²) in [7, 11) is 0. The predicted molar refractivity (Wildman–Crippen MR) is 204 cm³/mol. The molecule has 0 N–H and O–H groups in total. The number of aromatic nitrogens is 2. The number of nitrogens with zero attached hydrogens (tertiary/aromatic N) is 2. The van der Waals surface area contributed by atoms with E-state index in [1.165, 1.54) is 22.3 Å². The highest BCUT2D eigenvalue weighted by Crippen LogP contribution is 2.50. The summed E-state index contributed by atoms with van der Waals surface area (Å²) in [5.74, 6) is 0.440. The molecule has 0 spiro atoms. The zero-order valence-electron chi connectivity index (χ0n) is 31.3. The second-order valence-electron chi connectivity index (χ2n) is 13.1. The predicted octanol–water partition coefficient (Wildman–Crippen LogP) is 12.3. The summed E-state index contributed by atoms with van der Waals surface area (Å²) >= 11 is 0. The Morgan fingerprint density at radius 2 is 0.959 bits per heavy atom. The molecule has 232 valence electrons. The molecule has 0 saturated heterocycles.